The monoisotopic (exact) mass is 322 g/mol. The minimum atomic E-state index is -0.617. The minimum Gasteiger partial charge on any atom is -0.352 e. The highest BCUT2D eigenvalue weighted by Crippen LogP contribution is 2.12. The predicted octanol–water partition coefficient (Wildman–Crippen LogP) is -0.116. The zero-order valence-corrected chi connectivity index (χ0v) is 12.7. The zero-order chi connectivity index (χ0) is 17.0. The van der Waals surface area contributed by atoms with Gasteiger partial charge in [-0.2, -0.15) is 0 Å². The molecule has 1 atom stereocenters. The molecule has 2 rings (SSSR count). The summed E-state index contributed by atoms with van der Waals surface area (Å²) in [7, 11) is 0. The van der Waals surface area contributed by atoms with Crippen LogP contribution in [0.25, 0.3) is 0 Å². The first-order chi connectivity index (χ1) is 10.9. The molecule has 1 unspecified atom stereocenters. The van der Waals surface area contributed by atoms with Crippen LogP contribution in [0, 0.1) is 10.1 Å². The van der Waals surface area contributed by atoms with Crippen LogP contribution in [0.5, 0.6) is 0 Å². The van der Waals surface area contributed by atoms with Crippen molar-refractivity contribution in [1.29, 1.82) is 0 Å². The molecule has 0 spiro atoms. The van der Waals surface area contributed by atoms with Crippen molar-refractivity contribution in [1.82, 2.24) is 14.8 Å². The lowest BCUT2D eigenvalue weighted by Crippen LogP contribution is -2.50. The Bertz CT molecular complexity index is 684. The zero-order valence-electron chi connectivity index (χ0n) is 12.7. The Hall–Kier alpha value is -2.71. The summed E-state index contributed by atoms with van der Waals surface area (Å²) in [6, 6.07) is 2.07. The molecule has 1 aromatic rings. The average Bonchev–Trinajstić information content (AvgIpc) is 2.48. The summed E-state index contributed by atoms with van der Waals surface area (Å²) in [5.41, 5.74) is -0.716. The van der Waals surface area contributed by atoms with E-state index in [9.17, 15) is 24.5 Å². The first-order valence-electron chi connectivity index (χ1n) is 7.26. The largest absolute Gasteiger partial charge is 0.352 e. The Labute approximate surface area is 132 Å². The summed E-state index contributed by atoms with van der Waals surface area (Å²) in [5, 5.41) is 13.5. The fourth-order valence-electron chi connectivity index (χ4n) is 2.60. The van der Waals surface area contributed by atoms with Gasteiger partial charge in [-0.3, -0.25) is 29.1 Å². The van der Waals surface area contributed by atoms with Gasteiger partial charge in [0.15, 0.2) is 0 Å². The molecular weight excluding hydrogens is 304 g/mol. The van der Waals surface area contributed by atoms with Crippen LogP contribution >= 0.6 is 0 Å². The number of nitro groups is 1. The van der Waals surface area contributed by atoms with Gasteiger partial charge >= 0.3 is 0 Å². The molecule has 1 saturated heterocycles. The molecule has 9 nitrogen and oxygen atoms in total. The molecular formula is C14H18N4O5. The van der Waals surface area contributed by atoms with Crippen LogP contribution in [-0.2, 0) is 16.1 Å². The Balaban J connectivity index is 2.06. The second kappa shape index (κ2) is 7.03. The lowest BCUT2D eigenvalue weighted by atomic mass is 10.1. The van der Waals surface area contributed by atoms with E-state index in [1.165, 1.54) is 6.92 Å². The molecule has 1 aliphatic heterocycles. The molecule has 2 heterocycles. The molecule has 0 saturated carbocycles. The molecule has 1 aliphatic rings. The van der Waals surface area contributed by atoms with Crippen LogP contribution in [0.3, 0.4) is 0 Å². The smallest absolute Gasteiger partial charge is 0.285 e. The molecule has 124 valence electrons. The summed E-state index contributed by atoms with van der Waals surface area (Å²) in [4.78, 5) is 46.9. The van der Waals surface area contributed by atoms with Gasteiger partial charge in [-0.1, -0.05) is 0 Å². The van der Waals surface area contributed by atoms with Crippen molar-refractivity contribution in [2.24, 2.45) is 0 Å². The summed E-state index contributed by atoms with van der Waals surface area (Å²) in [6.45, 7) is 2.08. The second-order valence-corrected chi connectivity index (χ2v) is 5.49. The molecule has 0 radical (unpaired) electrons. The van der Waals surface area contributed by atoms with Crippen molar-refractivity contribution < 1.29 is 14.5 Å². The van der Waals surface area contributed by atoms with Gasteiger partial charge in [-0.25, -0.2) is 0 Å². The van der Waals surface area contributed by atoms with Crippen LogP contribution in [0.4, 0.5) is 5.69 Å². The Morgan fingerprint density at radius 3 is 2.83 bits per heavy atom. The van der Waals surface area contributed by atoms with Gasteiger partial charge in [0.2, 0.25) is 11.8 Å². The number of pyridine rings is 1. The van der Waals surface area contributed by atoms with E-state index >= 15 is 0 Å². The number of amides is 2. The fraction of sp³-hybridized carbons (Fsp3) is 0.500. The summed E-state index contributed by atoms with van der Waals surface area (Å²) >= 11 is 0. The first-order valence-corrected chi connectivity index (χ1v) is 7.26. The van der Waals surface area contributed by atoms with Crippen molar-refractivity contribution in [3.8, 4) is 0 Å². The molecule has 9 heteroatoms. The van der Waals surface area contributed by atoms with Gasteiger partial charge in [0.05, 0.1) is 11.1 Å². The number of piperidine rings is 1. The van der Waals surface area contributed by atoms with Gasteiger partial charge < -0.3 is 10.2 Å². The van der Waals surface area contributed by atoms with E-state index in [2.05, 4.69) is 5.32 Å². The summed E-state index contributed by atoms with van der Waals surface area (Å²) < 4.78 is 1.03. The van der Waals surface area contributed by atoms with E-state index in [4.69, 9.17) is 0 Å². The van der Waals surface area contributed by atoms with Crippen molar-refractivity contribution in [3.63, 3.8) is 0 Å². The van der Waals surface area contributed by atoms with E-state index in [-0.39, 0.29) is 30.1 Å². The lowest BCUT2D eigenvalue weighted by molar-refractivity contribution is -0.385. The van der Waals surface area contributed by atoms with Gasteiger partial charge in [-0.15, -0.1) is 0 Å². The molecule has 0 aliphatic carbocycles. The standard InChI is InChI=1S/C14H18N4O5/c1-10(19)15-11-3-2-6-16(7-11)14(21)9-17-8-12(18(22)23)4-5-13(17)20/h4-5,8,11H,2-3,6-7,9H2,1H3,(H,15,19). The Morgan fingerprint density at radius 1 is 1.43 bits per heavy atom. The number of hydrogen-bond acceptors (Lipinski definition) is 5. The van der Waals surface area contributed by atoms with Gasteiger partial charge in [0.25, 0.3) is 11.2 Å². The van der Waals surface area contributed by atoms with E-state index in [0.717, 1.165) is 35.7 Å². The summed E-state index contributed by atoms with van der Waals surface area (Å²) in [5.74, 6) is -0.457. The third kappa shape index (κ3) is 4.38. The number of carbonyl (C=O) groups excluding carboxylic acids is 2. The highest BCUT2D eigenvalue weighted by Gasteiger charge is 2.24. The van der Waals surface area contributed by atoms with Gasteiger partial charge in [-0.05, 0) is 12.8 Å². The maximum Gasteiger partial charge on any atom is 0.285 e. The highest BCUT2D eigenvalue weighted by molar-refractivity contribution is 5.76. The fourth-order valence-corrected chi connectivity index (χ4v) is 2.60. The van der Waals surface area contributed by atoms with Crippen LogP contribution < -0.4 is 10.9 Å². The topological polar surface area (TPSA) is 115 Å². The molecule has 1 fully saturated rings. The molecule has 1 aromatic heterocycles. The average molecular weight is 322 g/mol. The Morgan fingerprint density at radius 2 is 2.17 bits per heavy atom. The first kappa shape index (κ1) is 16.7. The van der Waals surface area contributed by atoms with E-state index in [0.29, 0.717) is 13.1 Å². The number of nitrogens with zero attached hydrogens (tertiary/aromatic N) is 3. The van der Waals surface area contributed by atoms with E-state index < -0.39 is 10.5 Å². The third-order valence-electron chi connectivity index (χ3n) is 3.67. The number of nitrogens with one attached hydrogen (secondary N) is 1. The maximum absolute atomic E-state index is 12.3. The van der Waals surface area contributed by atoms with Crippen molar-refractivity contribution >= 4 is 17.5 Å². The third-order valence-corrected chi connectivity index (χ3v) is 3.67. The lowest BCUT2D eigenvalue weighted by Gasteiger charge is -2.33. The normalized spacial score (nSPS) is 17.6. The van der Waals surface area contributed by atoms with Crippen LogP contribution in [-0.4, -0.2) is 45.3 Å². The minimum absolute atomic E-state index is 0.105. The molecule has 23 heavy (non-hydrogen) atoms. The van der Waals surface area contributed by atoms with Gasteiger partial charge in [0, 0.05) is 38.2 Å². The van der Waals surface area contributed by atoms with Crippen LogP contribution in [0.15, 0.2) is 23.1 Å². The highest BCUT2D eigenvalue weighted by atomic mass is 16.6. The predicted molar refractivity (Wildman–Crippen MR) is 80.8 cm³/mol. The molecule has 2 amide bonds. The quantitative estimate of drug-likeness (QED) is 0.613. The summed E-state index contributed by atoms with van der Waals surface area (Å²) in [6.07, 6.45) is 2.61. The maximum atomic E-state index is 12.3. The molecule has 1 N–H and O–H groups in total. The number of aromatic nitrogens is 1. The van der Waals surface area contributed by atoms with Crippen molar-refractivity contribution in [3.05, 3.63) is 38.8 Å². The second-order valence-electron chi connectivity index (χ2n) is 5.49. The number of likely N-dealkylation sites (tertiary alicyclic amines) is 1. The Kier molecular flexibility index (Phi) is 5.09. The van der Waals surface area contributed by atoms with Crippen molar-refractivity contribution in [2.75, 3.05) is 13.1 Å². The van der Waals surface area contributed by atoms with E-state index in [1.807, 2.05) is 0 Å². The van der Waals surface area contributed by atoms with Gasteiger partial charge in [0.1, 0.15) is 6.54 Å². The number of hydrogen-bond donors (Lipinski definition) is 1. The van der Waals surface area contributed by atoms with Crippen LogP contribution in [0.1, 0.15) is 19.8 Å². The van der Waals surface area contributed by atoms with E-state index in [1.54, 1.807) is 4.90 Å². The SMILES string of the molecule is CC(=O)NC1CCCN(C(=O)Cn2cc([N+](=O)[O-])ccc2=O)C1. The molecule has 0 bridgehead atoms. The molecule has 0 aromatic carbocycles. The van der Waals surface area contributed by atoms with Crippen LogP contribution in [0.2, 0.25) is 0 Å². The van der Waals surface area contributed by atoms with Crippen molar-refractivity contribution in [2.45, 2.75) is 32.4 Å². The number of rotatable bonds is 4. The number of carbonyl (C=O) groups is 2.